The number of benzene rings is 2. The van der Waals surface area contributed by atoms with Crippen molar-refractivity contribution in [3.05, 3.63) is 65.9 Å². The highest BCUT2D eigenvalue weighted by Crippen LogP contribution is 2.33. The number of rotatable bonds is 6. The van der Waals surface area contributed by atoms with E-state index >= 15 is 4.39 Å². The van der Waals surface area contributed by atoms with E-state index in [1.165, 1.54) is 12.4 Å². The molecule has 0 unspecified atom stereocenters. The maximum atomic E-state index is 15.0. The number of H-pyrrole nitrogens is 1. The summed E-state index contributed by atoms with van der Waals surface area (Å²) in [5.74, 6) is -0.239. The Labute approximate surface area is 203 Å². The fraction of sp³-hybridized carbons (Fsp3) is 0.269. The van der Waals surface area contributed by atoms with Crippen molar-refractivity contribution in [3.8, 4) is 17.7 Å². The largest absolute Gasteiger partial charge is 0.434 e. The van der Waals surface area contributed by atoms with Crippen LogP contribution in [0.2, 0.25) is 0 Å². The molecule has 0 amide bonds. The summed E-state index contributed by atoms with van der Waals surface area (Å²) in [6, 6.07) is 15.1. The molecular formula is C26H26FN7O. The van der Waals surface area contributed by atoms with Gasteiger partial charge in [-0.05, 0) is 49.9 Å². The van der Waals surface area contributed by atoms with Crippen molar-refractivity contribution in [2.75, 3.05) is 42.9 Å². The summed E-state index contributed by atoms with van der Waals surface area (Å²) in [6.07, 6.45) is 1.29. The Morgan fingerprint density at radius 1 is 1.14 bits per heavy atom. The van der Waals surface area contributed by atoms with E-state index in [1.54, 1.807) is 12.1 Å². The smallest absolute Gasteiger partial charge is 0.242 e. The number of fused-ring (bicyclic) bond motifs is 1. The number of halogens is 1. The van der Waals surface area contributed by atoms with E-state index < -0.39 is 5.82 Å². The molecule has 1 aliphatic rings. The molecule has 8 nitrogen and oxygen atoms in total. The number of nitrogens with zero attached hydrogens (tertiary/aromatic N) is 5. The molecule has 0 radical (unpaired) electrons. The lowest BCUT2D eigenvalue weighted by molar-refractivity contribution is 0.271. The van der Waals surface area contributed by atoms with E-state index in [2.05, 4.69) is 49.1 Å². The summed E-state index contributed by atoms with van der Waals surface area (Å²) in [4.78, 5) is 16.2. The number of hydrogen-bond acceptors (Lipinski definition) is 7. The predicted molar refractivity (Wildman–Crippen MR) is 134 cm³/mol. The Morgan fingerprint density at radius 3 is 2.74 bits per heavy atom. The van der Waals surface area contributed by atoms with E-state index in [-0.39, 0.29) is 17.2 Å². The summed E-state index contributed by atoms with van der Waals surface area (Å²) in [5.41, 5.74) is 3.51. The van der Waals surface area contributed by atoms with E-state index in [9.17, 15) is 5.26 Å². The number of aromatic amines is 1. The second kappa shape index (κ2) is 9.60. The third-order valence-electron chi connectivity index (χ3n) is 6.26. The molecule has 0 atom stereocenters. The lowest BCUT2D eigenvalue weighted by Gasteiger charge is -2.35. The standard InChI is InChI=1S/C26H26FN7O/c1-3-33-9-11-34(12-10-33)19-6-4-5-18(14-19)32-25-21(15-28)26(30-16-29-25)35-23-8-7-22-20(24(23)27)13-17(2)31-22/h4-8,13-14,16,31H,3,9-12H2,1-2H3,(H,29,30,32). The molecule has 0 spiro atoms. The summed E-state index contributed by atoms with van der Waals surface area (Å²) in [7, 11) is 0. The number of nitriles is 1. The fourth-order valence-electron chi connectivity index (χ4n) is 4.35. The van der Waals surface area contributed by atoms with Crippen LogP contribution in [0.15, 0.2) is 48.8 Å². The van der Waals surface area contributed by atoms with E-state index in [0.29, 0.717) is 16.7 Å². The molecular weight excluding hydrogens is 445 g/mol. The number of aryl methyl sites for hydroxylation is 1. The lowest BCUT2D eigenvalue weighted by Crippen LogP contribution is -2.46. The Hall–Kier alpha value is -4.16. The molecule has 5 rings (SSSR count). The van der Waals surface area contributed by atoms with Gasteiger partial charge in [-0.1, -0.05) is 13.0 Å². The van der Waals surface area contributed by atoms with Gasteiger partial charge in [0, 0.05) is 54.2 Å². The molecule has 1 fully saturated rings. The average Bonchev–Trinajstić information content (AvgIpc) is 3.27. The first kappa shape index (κ1) is 22.6. The number of hydrogen-bond donors (Lipinski definition) is 2. The molecule has 0 saturated carbocycles. The maximum Gasteiger partial charge on any atom is 0.242 e. The van der Waals surface area contributed by atoms with Gasteiger partial charge >= 0.3 is 0 Å². The Kier molecular flexibility index (Phi) is 6.21. The molecule has 1 saturated heterocycles. The zero-order valence-corrected chi connectivity index (χ0v) is 19.7. The first-order chi connectivity index (χ1) is 17.1. The molecule has 1 aliphatic heterocycles. The number of likely N-dealkylation sites (N-methyl/N-ethyl adjacent to an activating group) is 1. The van der Waals surface area contributed by atoms with Gasteiger partial charge in [0.15, 0.2) is 22.9 Å². The molecule has 0 bridgehead atoms. The van der Waals surface area contributed by atoms with Gasteiger partial charge in [0.05, 0.1) is 0 Å². The van der Waals surface area contributed by atoms with E-state index in [4.69, 9.17) is 4.74 Å². The Morgan fingerprint density at radius 2 is 1.97 bits per heavy atom. The molecule has 2 aromatic carbocycles. The average molecular weight is 472 g/mol. The number of ether oxygens (including phenoxy) is 1. The quantitative estimate of drug-likeness (QED) is 0.411. The van der Waals surface area contributed by atoms with Crippen LogP contribution >= 0.6 is 0 Å². The third kappa shape index (κ3) is 4.61. The van der Waals surface area contributed by atoms with E-state index in [1.807, 2.05) is 25.1 Å². The minimum atomic E-state index is -0.514. The van der Waals surface area contributed by atoms with E-state index in [0.717, 1.165) is 49.8 Å². The van der Waals surface area contributed by atoms with Gasteiger partial charge in [-0.25, -0.2) is 14.4 Å². The number of piperazine rings is 1. The van der Waals surface area contributed by atoms with Crippen LogP contribution in [0.3, 0.4) is 0 Å². The topological polar surface area (TPSA) is 93.1 Å². The molecule has 35 heavy (non-hydrogen) atoms. The number of aromatic nitrogens is 3. The van der Waals surface area contributed by atoms with Crippen LogP contribution in [0.25, 0.3) is 10.9 Å². The van der Waals surface area contributed by atoms with Crippen LogP contribution in [0.4, 0.5) is 21.6 Å². The lowest BCUT2D eigenvalue weighted by atomic mass is 10.2. The summed E-state index contributed by atoms with van der Waals surface area (Å²) in [6.45, 7) is 9.09. The third-order valence-corrected chi connectivity index (χ3v) is 6.26. The second-order valence-corrected chi connectivity index (χ2v) is 8.50. The van der Waals surface area contributed by atoms with Crippen LogP contribution in [0.1, 0.15) is 18.2 Å². The highest BCUT2D eigenvalue weighted by Gasteiger charge is 2.19. The minimum Gasteiger partial charge on any atom is -0.434 e. The van der Waals surface area contributed by atoms with Crippen LogP contribution < -0.4 is 15.0 Å². The normalized spacial score (nSPS) is 14.2. The molecule has 2 aromatic heterocycles. The van der Waals surface area contributed by atoms with Crippen LogP contribution in [-0.4, -0.2) is 52.6 Å². The van der Waals surface area contributed by atoms with Crippen molar-refractivity contribution in [2.45, 2.75) is 13.8 Å². The zero-order valence-electron chi connectivity index (χ0n) is 19.7. The SMILES string of the molecule is CCN1CCN(c2cccc(Nc3ncnc(Oc4ccc5[nH]c(C)cc5c4F)c3C#N)c2)CC1. The first-order valence-corrected chi connectivity index (χ1v) is 11.6. The highest BCUT2D eigenvalue weighted by atomic mass is 19.1. The summed E-state index contributed by atoms with van der Waals surface area (Å²) >= 11 is 0. The van der Waals surface area contributed by atoms with Crippen molar-refractivity contribution in [1.29, 1.82) is 5.26 Å². The maximum absolute atomic E-state index is 15.0. The molecule has 9 heteroatoms. The number of nitrogens with one attached hydrogen (secondary N) is 2. The Balaban J connectivity index is 1.39. The van der Waals surface area contributed by atoms with Crippen molar-refractivity contribution < 1.29 is 9.13 Å². The van der Waals surface area contributed by atoms with Crippen LogP contribution in [0, 0.1) is 24.1 Å². The molecule has 2 N–H and O–H groups in total. The van der Waals surface area contributed by atoms with Gasteiger partial charge in [0.25, 0.3) is 0 Å². The second-order valence-electron chi connectivity index (χ2n) is 8.50. The zero-order chi connectivity index (χ0) is 24.4. The molecule has 0 aliphatic carbocycles. The van der Waals surface area contributed by atoms with Crippen LogP contribution in [-0.2, 0) is 0 Å². The monoisotopic (exact) mass is 471 g/mol. The van der Waals surface area contributed by atoms with Gasteiger partial charge in [-0.15, -0.1) is 0 Å². The molecule has 4 aromatic rings. The van der Waals surface area contributed by atoms with Crippen molar-refractivity contribution in [1.82, 2.24) is 19.9 Å². The van der Waals surface area contributed by atoms with Gasteiger partial charge in [-0.3, -0.25) is 0 Å². The van der Waals surface area contributed by atoms with Crippen molar-refractivity contribution in [3.63, 3.8) is 0 Å². The highest BCUT2D eigenvalue weighted by molar-refractivity contribution is 5.83. The van der Waals surface area contributed by atoms with Gasteiger partial charge in [0.2, 0.25) is 5.88 Å². The van der Waals surface area contributed by atoms with Crippen molar-refractivity contribution in [2.24, 2.45) is 0 Å². The van der Waals surface area contributed by atoms with Crippen molar-refractivity contribution >= 4 is 28.1 Å². The van der Waals surface area contributed by atoms with Gasteiger partial charge in [0.1, 0.15) is 12.4 Å². The first-order valence-electron chi connectivity index (χ1n) is 11.6. The van der Waals surface area contributed by atoms with Crippen LogP contribution in [0.5, 0.6) is 11.6 Å². The predicted octanol–water partition coefficient (Wildman–Crippen LogP) is 4.95. The molecule has 178 valence electrons. The molecule has 3 heterocycles. The fourth-order valence-corrected chi connectivity index (χ4v) is 4.35. The van der Waals surface area contributed by atoms with Gasteiger partial charge < -0.3 is 24.8 Å². The Bertz CT molecular complexity index is 1400. The van der Waals surface area contributed by atoms with Gasteiger partial charge in [-0.2, -0.15) is 5.26 Å². The minimum absolute atomic E-state index is 0.00845. The summed E-state index contributed by atoms with van der Waals surface area (Å²) in [5, 5.41) is 13.5. The summed E-state index contributed by atoms with van der Waals surface area (Å²) < 4.78 is 20.8. The number of anilines is 3.